The first-order valence-corrected chi connectivity index (χ1v) is 8.51. The first-order chi connectivity index (χ1) is 11.9. The summed E-state index contributed by atoms with van der Waals surface area (Å²) >= 11 is 0. The summed E-state index contributed by atoms with van der Waals surface area (Å²) in [6.45, 7) is 7.51. The molecule has 0 aliphatic carbocycles. The van der Waals surface area contributed by atoms with E-state index in [4.69, 9.17) is 4.74 Å². The van der Waals surface area contributed by atoms with Crippen LogP contribution in [0.25, 0.3) is 0 Å². The highest BCUT2D eigenvalue weighted by Crippen LogP contribution is 2.17. The summed E-state index contributed by atoms with van der Waals surface area (Å²) in [7, 11) is 0. The Hall–Kier alpha value is -2.62. The smallest absolute Gasteiger partial charge is 0.338 e. The summed E-state index contributed by atoms with van der Waals surface area (Å²) in [4.78, 5) is 24.3. The molecule has 0 radical (unpaired) electrons. The third-order valence-corrected chi connectivity index (χ3v) is 4.17. The van der Waals surface area contributed by atoms with Crippen LogP contribution in [0.5, 0.6) is 0 Å². The molecule has 0 heterocycles. The number of amides is 1. The van der Waals surface area contributed by atoms with Gasteiger partial charge in [-0.05, 0) is 44.4 Å². The number of carbonyl (C=O) groups is 2. The van der Waals surface area contributed by atoms with E-state index in [1.807, 2.05) is 64.1 Å². The SMILES string of the molecule is CC[C@H](NC(=O)COC(=O)c1cc(C)ccc1C)c1ccc(C)cc1. The molecule has 0 aliphatic heterocycles. The number of carbonyl (C=O) groups excluding carboxylic acids is 2. The van der Waals surface area contributed by atoms with E-state index >= 15 is 0 Å². The van der Waals surface area contributed by atoms with Crippen LogP contribution in [0.1, 0.15) is 52.0 Å². The van der Waals surface area contributed by atoms with Crippen LogP contribution >= 0.6 is 0 Å². The van der Waals surface area contributed by atoms with E-state index in [0.717, 1.165) is 23.1 Å². The second-order valence-corrected chi connectivity index (χ2v) is 6.33. The van der Waals surface area contributed by atoms with E-state index in [2.05, 4.69) is 5.32 Å². The van der Waals surface area contributed by atoms with Crippen LogP contribution in [0.2, 0.25) is 0 Å². The molecule has 1 amide bonds. The van der Waals surface area contributed by atoms with Crippen LogP contribution in [-0.4, -0.2) is 18.5 Å². The van der Waals surface area contributed by atoms with Crippen molar-refractivity contribution >= 4 is 11.9 Å². The Balaban J connectivity index is 1.94. The van der Waals surface area contributed by atoms with Gasteiger partial charge in [0, 0.05) is 0 Å². The number of nitrogens with one attached hydrogen (secondary N) is 1. The van der Waals surface area contributed by atoms with Gasteiger partial charge in [-0.3, -0.25) is 4.79 Å². The number of esters is 1. The first kappa shape index (κ1) is 18.7. The Kier molecular flexibility index (Phi) is 6.34. The number of benzene rings is 2. The normalized spacial score (nSPS) is 11.7. The summed E-state index contributed by atoms with van der Waals surface area (Å²) in [5.74, 6) is -0.772. The number of aryl methyl sites for hydroxylation is 3. The van der Waals surface area contributed by atoms with E-state index in [1.165, 1.54) is 5.56 Å². The Morgan fingerprint density at radius 3 is 2.28 bits per heavy atom. The largest absolute Gasteiger partial charge is 0.452 e. The first-order valence-electron chi connectivity index (χ1n) is 8.51. The maximum atomic E-state index is 12.2. The van der Waals surface area contributed by atoms with Crippen LogP contribution in [0.15, 0.2) is 42.5 Å². The number of ether oxygens (including phenoxy) is 1. The van der Waals surface area contributed by atoms with Crippen molar-refractivity contribution < 1.29 is 14.3 Å². The van der Waals surface area contributed by atoms with Crippen molar-refractivity contribution in [2.75, 3.05) is 6.61 Å². The van der Waals surface area contributed by atoms with Gasteiger partial charge in [-0.25, -0.2) is 4.79 Å². The number of hydrogen-bond acceptors (Lipinski definition) is 3. The molecule has 1 N–H and O–H groups in total. The zero-order valence-electron chi connectivity index (χ0n) is 15.3. The molecule has 4 heteroatoms. The van der Waals surface area contributed by atoms with Crippen LogP contribution in [-0.2, 0) is 9.53 Å². The highest BCUT2D eigenvalue weighted by molar-refractivity contribution is 5.92. The van der Waals surface area contributed by atoms with E-state index in [9.17, 15) is 9.59 Å². The molecule has 0 bridgehead atoms. The lowest BCUT2D eigenvalue weighted by Crippen LogP contribution is -2.32. The molecular formula is C21H25NO3. The van der Waals surface area contributed by atoms with Crippen LogP contribution in [0, 0.1) is 20.8 Å². The molecule has 0 saturated heterocycles. The molecule has 0 saturated carbocycles. The van der Waals surface area contributed by atoms with Gasteiger partial charge in [-0.2, -0.15) is 0 Å². The Morgan fingerprint density at radius 1 is 1.00 bits per heavy atom. The standard InChI is InChI=1S/C21H25NO3/c1-5-19(17-10-7-14(2)8-11-17)22-20(23)13-25-21(24)18-12-15(3)6-9-16(18)4/h6-12,19H,5,13H2,1-4H3,(H,22,23)/t19-/m0/s1. The van der Waals surface area contributed by atoms with Gasteiger partial charge < -0.3 is 10.1 Å². The minimum atomic E-state index is -0.472. The fraction of sp³-hybridized carbons (Fsp3) is 0.333. The van der Waals surface area contributed by atoms with Crippen LogP contribution in [0.3, 0.4) is 0 Å². The number of rotatable bonds is 6. The fourth-order valence-electron chi connectivity index (χ4n) is 2.62. The second kappa shape index (κ2) is 8.47. The number of hydrogen-bond donors (Lipinski definition) is 1. The second-order valence-electron chi connectivity index (χ2n) is 6.33. The average molecular weight is 339 g/mol. The monoisotopic (exact) mass is 339 g/mol. The van der Waals surface area contributed by atoms with Crippen molar-refractivity contribution in [2.24, 2.45) is 0 Å². The Labute approximate surface area is 149 Å². The molecule has 1 atom stereocenters. The molecule has 2 aromatic carbocycles. The molecule has 25 heavy (non-hydrogen) atoms. The summed E-state index contributed by atoms with van der Waals surface area (Å²) in [5, 5.41) is 2.92. The lowest BCUT2D eigenvalue weighted by atomic mass is 10.0. The van der Waals surface area contributed by atoms with E-state index in [0.29, 0.717) is 5.56 Å². The third kappa shape index (κ3) is 5.18. The van der Waals surface area contributed by atoms with Gasteiger partial charge in [0.05, 0.1) is 11.6 Å². The predicted octanol–water partition coefficient (Wildman–Crippen LogP) is 4.04. The summed E-state index contributed by atoms with van der Waals surface area (Å²) in [6, 6.07) is 13.5. The van der Waals surface area contributed by atoms with Crippen LogP contribution in [0.4, 0.5) is 0 Å². The van der Waals surface area contributed by atoms with Crippen molar-refractivity contribution in [3.8, 4) is 0 Å². The molecule has 4 nitrogen and oxygen atoms in total. The van der Waals surface area contributed by atoms with E-state index in [-0.39, 0.29) is 18.6 Å². The zero-order valence-corrected chi connectivity index (χ0v) is 15.3. The Bertz CT molecular complexity index is 750. The van der Waals surface area contributed by atoms with Gasteiger partial charge in [-0.1, -0.05) is 54.4 Å². The highest BCUT2D eigenvalue weighted by atomic mass is 16.5. The minimum absolute atomic E-state index is 0.0903. The minimum Gasteiger partial charge on any atom is -0.452 e. The van der Waals surface area contributed by atoms with Crippen molar-refractivity contribution in [3.05, 3.63) is 70.3 Å². The van der Waals surface area contributed by atoms with Crippen molar-refractivity contribution in [2.45, 2.75) is 40.2 Å². The maximum Gasteiger partial charge on any atom is 0.338 e. The molecule has 2 aromatic rings. The van der Waals surface area contributed by atoms with Gasteiger partial charge in [0.15, 0.2) is 6.61 Å². The van der Waals surface area contributed by atoms with Crippen molar-refractivity contribution in [3.63, 3.8) is 0 Å². The molecule has 0 spiro atoms. The Morgan fingerprint density at radius 2 is 1.64 bits per heavy atom. The summed E-state index contributed by atoms with van der Waals surface area (Å²) in [5.41, 5.74) is 4.53. The van der Waals surface area contributed by atoms with Gasteiger partial charge in [-0.15, -0.1) is 0 Å². The quantitative estimate of drug-likeness (QED) is 0.808. The van der Waals surface area contributed by atoms with Gasteiger partial charge in [0.1, 0.15) is 0 Å². The maximum absolute atomic E-state index is 12.2. The molecule has 2 rings (SSSR count). The van der Waals surface area contributed by atoms with E-state index in [1.54, 1.807) is 6.07 Å². The molecule has 0 fully saturated rings. The molecular weight excluding hydrogens is 314 g/mol. The van der Waals surface area contributed by atoms with Gasteiger partial charge in [0.2, 0.25) is 0 Å². The van der Waals surface area contributed by atoms with Crippen molar-refractivity contribution in [1.29, 1.82) is 0 Å². The molecule has 0 aromatic heterocycles. The topological polar surface area (TPSA) is 55.4 Å². The predicted molar refractivity (Wildman–Crippen MR) is 98.6 cm³/mol. The van der Waals surface area contributed by atoms with E-state index < -0.39 is 5.97 Å². The zero-order chi connectivity index (χ0) is 18.4. The molecule has 0 aliphatic rings. The van der Waals surface area contributed by atoms with Crippen LogP contribution < -0.4 is 5.32 Å². The van der Waals surface area contributed by atoms with Gasteiger partial charge >= 0.3 is 5.97 Å². The summed E-state index contributed by atoms with van der Waals surface area (Å²) in [6.07, 6.45) is 0.764. The van der Waals surface area contributed by atoms with Gasteiger partial charge in [0.25, 0.3) is 5.91 Å². The average Bonchev–Trinajstić information content (AvgIpc) is 2.60. The highest BCUT2D eigenvalue weighted by Gasteiger charge is 2.16. The molecule has 132 valence electrons. The third-order valence-electron chi connectivity index (χ3n) is 4.17. The lowest BCUT2D eigenvalue weighted by Gasteiger charge is -2.18. The summed E-state index contributed by atoms with van der Waals surface area (Å²) < 4.78 is 5.18. The lowest BCUT2D eigenvalue weighted by molar-refractivity contribution is -0.125. The molecule has 0 unspecified atom stereocenters. The fourth-order valence-corrected chi connectivity index (χ4v) is 2.62. The van der Waals surface area contributed by atoms with Crippen molar-refractivity contribution in [1.82, 2.24) is 5.32 Å².